The van der Waals surface area contributed by atoms with Crippen LogP contribution in [-0.4, -0.2) is 91.1 Å². The number of nitrogens with zero attached hydrogens (tertiary/aromatic N) is 3. The van der Waals surface area contributed by atoms with E-state index in [0.29, 0.717) is 23.8 Å². The molecule has 5 rings (SSSR count). The summed E-state index contributed by atoms with van der Waals surface area (Å²) in [6.45, 7) is 5.18. The molecule has 0 aromatic heterocycles. The lowest BCUT2D eigenvalue weighted by molar-refractivity contribution is -0.145. The molecule has 1 unspecified atom stereocenters. The van der Waals surface area contributed by atoms with Crippen LogP contribution in [0.3, 0.4) is 0 Å². The molecule has 196 valence electrons. The fourth-order valence-corrected chi connectivity index (χ4v) is 5.05. The number of hydrogen-bond acceptors (Lipinski definition) is 7. The van der Waals surface area contributed by atoms with Gasteiger partial charge in [-0.25, -0.2) is 0 Å². The Balaban J connectivity index is 1.12. The average molecular weight is 528 g/mol. The van der Waals surface area contributed by atoms with Crippen molar-refractivity contribution in [3.05, 3.63) is 53.1 Å². The van der Waals surface area contributed by atoms with E-state index in [2.05, 4.69) is 20.4 Å². The SMILES string of the molecule is O=C(CC1C(=O)NCCN1C(=O)CN1CCN(Cc2ccc3c(c2)OCO3)CC1)Nc1cccc(Cl)c1. The van der Waals surface area contributed by atoms with E-state index < -0.39 is 6.04 Å². The zero-order chi connectivity index (χ0) is 25.8. The number of rotatable bonds is 7. The molecule has 0 bridgehead atoms. The Hall–Kier alpha value is -3.34. The number of carbonyl (C=O) groups is 3. The first-order chi connectivity index (χ1) is 17.9. The summed E-state index contributed by atoms with van der Waals surface area (Å²) in [7, 11) is 0. The van der Waals surface area contributed by atoms with E-state index in [9.17, 15) is 14.4 Å². The Morgan fingerprint density at radius 3 is 2.59 bits per heavy atom. The molecule has 11 heteroatoms. The Morgan fingerprint density at radius 1 is 1.00 bits per heavy atom. The number of amides is 3. The minimum absolute atomic E-state index is 0.118. The van der Waals surface area contributed by atoms with Gasteiger partial charge in [-0.15, -0.1) is 0 Å². The highest BCUT2D eigenvalue weighted by Gasteiger charge is 2.35. The highest BCUT2D eigenvalue weighted by atomic mass is 35.5. The Bertz CT molecular complexity index is 1170. The molecular weight excluding hydrogens is 498 g/mol. The fourth-order valence-electron chi connectivity index (χ4n) is 4.86. The summed E-state index contributed by atoms with van der Waals surface area (Å²) >= 11 is 5.98. The molecule has 3 amide bonds. The van der Waals surface area contributed by atoms with Crippen molar-refractivity contribution in [1.82, 2.24) is 20.0 Å². The number of fused-ring (bicyclic) bond motifs is 1. The molecule has 0 radical (unpaired) electrons. The monoisotopic (exact) mass is 527 g/mol. The molecule has 2 N–H and O–H groups in total. The Morgan fingerprint density at radius 2 is 1.78 bits per heavy atom. The molecule has 37 heavy (non-hydrogen) atoms. The van der Waals surface area contributed by atoms with E-state index in [-0.39, 0.29) is 37.5 Å². The minimum atomic E-state index is -0.840. The quantitative estimate of drug-likeness (QED) is 0.563. The molecule has 0 spiro atoms. The second-order valence-corrected chi connectivity index (χ2v) is 9.83. The molecule has 2 aromatic carbocycles. The maximum atomic E-state index is 13.2. The van der Waals surface area contributed by atoms with Crippen LogP contribution in [0.1, 0.15) is 12.0 Å². The van der Waals surface area contributed by atoms with E-state index in [1.807, 2.05) is 18.2 Å². The largest absolute Gasteiger partial charge is 0.454 e. The van der Waals surface area contributed by atoms with Crippen molar-refractivity contribution in [3.8, 4) is 11.5 Å². The lowest BCUT2D eigenvalue weighted by Crippen LogP contribution is -2.60. The van der Waals surface area contributed by atoms with Gasteiger partial charge in [-0.05, 0) is 35.9 Å². The predicted octanol–water partition coefficient (Wildman–Crippen LogP) is 1.54. The fraction of sp³-hybridized carbons (Fsp3) is 0.423. The zero-order valence-corrected chi connectivity index (χ0v) is 21.2. The van der Waals surface area contributed by atoms with Gasteiger partial charge in [0.15, 0.2) is 11.5 Å². The van der Waals surface area contributed by atoms with Crippen molar-refractivity contribution < 1.29 is 23.9 Å². The number of carbonyl (C=O) groups excluding carboxylic acids is 3. The summed E-state index contributed by atoms with van der Waals surface area (Å²) in [6, 6.07) is 12.0. The average Bonchev–Trinajstić information content (AvgIpc) is 3.34. The topological polar surface area (TPSA) is 103 Å². The van der Waals surface area contributed by atoms with Crippen LogP contribution in [0.15, 0.2) is 42.5 Å². The number of anilines is 1. The third-order valence-electron chi connectivity index (χ3n) is 6.81. The maximum Gasteiger partial charge on any atom is 0.243 e. The van der Waals surface area contributed by atoms with Crippen LogP contribution >= 0.6 is 11.6 Å². The third-order valence-corrected chi connectivity index (χ3v) is 7.04. The van der Waals surface area contributed by atoms with Crippen LogP contribution in [0.5, 0.6) is 11.5 Å². The molecule has 10 nitrogen and oxygen atoms in total. The van der Waals surface area contributed by atoms with Gasteiger partial charge in [0.05, 0.1) is 13.0 Å². The van der Waals surface area contributed by atoms with Crippen LogP contribution in [0.25, 0.3) is 0 Å². The van der Waals surface area contributed by atoms with E-state index in [1.165, 1.54) is 4.90 Å². The van der Waals surface area contributed by atoms with E-state index in [4.69, 9.17) is 21.1 Å². The molecule has 3 heterocycles. The maximum absolute atomic E-state index is 13.2. The zero-order valence-electron chi connectivity index (χ0n) is 20.5. The van der Waals surface area contributed by atoms with E-state index in [0.717, 1.165) is 49.8 Å². The summed E-state index contributed by atoms with van der Waals surface area (Å²) in [5, 5.41) is 6.03. The molecule has 3 aliphatic rings. The van der Waals surface area contributed by atoms with Gasteiger partial charge in [0, 0.05) is 56.5 Å². The van der Waals surface area contributed by atoms with Crippen molar-refractivity contribution >= 4 is 35.0 Å². The van der Waals surface area contributed by atoms with Gasteiger partial charge in [0.2, 0.25) is 24.5 Å². The van der Waals surface area contributed by atoms with Crippen LogP contribution in [0.2, 0.25) is 5.02 Å². The lowest BCUT2D eigenvalue weighted by atomic mass is 10.1. The van der Waals surface area contributed by atoms with Crippen LogP contribution in [-0.2, 0) is 20.9 Å². The molecule has 2 fully saturated rings. The highest BCUT2D eigenvalue weighted by molar-refractivity contribution is 6.30. The molecule has 2 aromatic rings. The first-order valence-electron chi connectivity index (χ1n) is 12.4. The second-order valence-electron chi connectivity index (χ2n) is 9.40. The number of hydrogen-bond donors (Lipinski definition) is 2. The number of halogens is 1. The van der Waals surface area contributed by atoms with Crippen LogP contribution in [0.4, 0.5) is 5.69 Å². The van der Waals surface area contributed by atoms with Gasteiger partial charge < -0.3 is 25.0 Å². The van der Waals surface area contributed by atoms with Gasteiger partial charge in [-0.2, -0.15) is 0 Å². The van der Waals surface area contributed by atoms with Crippen molar-refractivity contribution in [2.75, 3.05) is 57.9 Å². The first kappa shape index (κ1) is 25.3. The smallest absolute Gasteiger partial charge is 0.243 e. The van der Waals surface area contributed by atoms with Crippen molar-refractivity contribution in [3.63, 3.8) is 0 Å². The van der Waals surface area contributed by atoms with Gasteiger partial charge in [-0.3, -0.25) is 24.2 Å². The highest BCUT2D eigenvalue weighted by Crippen LogP contribution is 2.32. The normalized spacial score (nSPS) is 20.0. The van der Waals surface area contributed by atoms with Crippen LogP contribution in [0, 0.1) is 0 Å². The van der Waals surface area contributed by atoms with Crippen molar-refractivity contribution in [2.24, 2.45) is 0 Å². The minimum Gasteiger partial charge on any atom is -0.454 e. The number of benzene rings is 2. The second kappa shape index (κ2) is 11.4. The summed E-state index contributed by atoms with van der Waals surface area (Å²) < 4.78 is 10.9. The molecular formula is C26H30ClN5O5. The Labute approximate surface area is 220 Å². The molecule has 0 saturated carbocycles. The number of ether oxygens (including phenoxy) is 2. The number of nitrogens with one attached hydrogen (secondary N) is 2. The van der Waals surface area contributed by atoms with Crippen molar-refractivity contribution in [2.45, 2.75) is 19.0 Å². The first-order valence-corrected chi connectivity index (χ1v) is 12.8. The molecule has 2 saturated heterocycles. The summed E-state index contributed by atoms with van der Waals surface area (Å²) in [5.41, 5.74) is 1.71. The summed E-state index contributed by atoms with van der Waals surface area (Å²) in [5.74, 6) is 0.759. The van der Waals surface area contributed by atoms with Crippen LogP contribution < -0.4 is 20.1 Å². The molecule has 1 atom stereocenters. The van der Waals surface area contributed by atoms with Crippen molar-refractivity contribution in [1.29, 1.82) is 0 Å². The van der Waals surface area contributed by atoms with E-state index >= 15 is 0 Å². The van der Waals surface area contributed by atoms with Gasteiger partial charge in [0.1, 0.15) is 6.04 Å². The molecule has 0 aliphatic carbocycles. The Kier molecular flexibility index (Phi) is 7.78. The van der Waals surface area contributed by atoms with Gasteiger partial charge >= 0.3 is 0 Å². The molecule has 3 aliphatic heterocycles. The number of piperazine rings is 2. The summed E-state index contributed by atoms with van der Waals surface area (Å²) in [4.78, 5) is 44.4. The van der Waals surface area contributed by atoms with Gasteiger partial charge in [0.25, 0.3) is 0 Å². The third kappa shape index (κ3) is 6.33. The van der Waals surface area contributed by atoms with Gasteiger partial charge in [-0.1, -0.05) is 23.7 Å². The lowest BCUT2D eigenvalue weighted by Gasteiger charge is -2.38. The summed E-state index contributed by atoms with van der Waals surface area (Å²) in [6.07, 6.45) is -0.118. The standard InChI is InChI=1S/C26H30ClN5O5/c27-19-2-1-3-20(13-19)29-24(33)14-21-26(35)28-6-7-32(21)25(34)16-31-10-8-30(9-11-31)15-18-4-5-22-23(12-18)37-17-36-22/h1-5,12-13,21H,6-11,14-17H2,(H,28,35)(H,29,33). The van der Waals surface area contributed by atoms with E-state index in [1.54, 1.807) is 24.3 Å². The predicted molar refractivity (Wildman–Crippen MR) is 137 cm³/mol.